The van der Waals surface area contributed by atoms with Crippen LogP contribution in [-0.4, -0.2) is 27.9 Å². The summed E-state index contributed by atoms with van der Waals surface area (Å²) in [5.74, 6) is -2.20. The zero-order chi connectivity index (χ0) is 15.3. The van der Waals surface area contributed by atoms with Gasteiger partial charge in [0.1, 0.15) is 5.00 Å². The van der Waals surface area contributed by atoms with Gasteiger partial charge in [-0.1, -0.05) is 0 Å². The highest BCUT2D eigenvalue weighted by Crippen LogP contribution is 2.39. The smallest absolute Gasteiger partial charge is 0.339 e. The molecule has 6 nitrogen and oxygen atoms in total. The molecule has 0 radical (unpaired) electrons. The minimum Gasteiger partial charge on any atom is -0.478 e. The van der Waals surface area contributed by atoms with Gasteiger partial charge in [-0.15, -0.1) is 11.3 Å². The van der Waals surface area contributed by atoms with Crippen LogP contribution < -0.4 is 4.90 Å². The van der Waals surface area contributed by atoms with Crippen LogP contribution in [0.3, 0.4) is 0 Å². The van der Waals surface area contributed by atoms with Crippen LogP contribution in [0.15, 0.2) is 18.5 Å². The van der Waals surface area contributed by atoms with Gasteiger partial charge in [-0.05, 0) is 25.5 Å². The van der Waals surface area contributed by atoms with Gasteiger partial charge in [0.2, 0.25) is 0 Å². The number of aromatic carboxylic acids is 1. The fraction of sp³-hybridized carbons (Fsp3) is 0.143. The first-order valence-corrected chi connectivity index (χ1v) is 6.91. The summed E-state index contributed by atoms with van der Waals surface area (Å²) in [6.07, 6.45) is 2.75. The van der Waals surface area contributed by atoms with Crippen LogP contribution in [0.4, 0.5) is 5.00 Å². The maximum atomic E-state index is 12.4. The van der Waals surface area contributed by atoms with E-state index in [9.17, 15) is 19.5 Å². The molecule has 21 heavy (non-hydrogen) atoms. The standard InChI is InChI=1S/C14H10N2O4S/c1-6-7(2)21-13(10(6)14(19)20)16-11(17)8-3-4-15-5-9(8)12(16)18/h3-5H,1-2H3,(H,19,20). The summed E-state index contributed by atoms with van der Waals surface area (Å²) < 4.78 is 0. The Bertz CT molecular complexity index is 774. The number of fused-ring (bicyclic) bond motifs is 1. The van der Waals surface area contributed by atoms with Crippen molar-refractivity contribution in [3.05, 3.63) is 45.6 Å². The Morgan fingerprint density at radius 2 is 1.90 bits per heavy atom. The molecule has 0 aliphatic carbocycles. The Hall–Kier alpha value is -2.54. The molecular formula is C14H10N2O4S. The van der Waals surface area contributed by atoms with E-state index in [0.29, 0.717) is 5.56 Å². The lowest BCUT2D eigenvalue weighted by atomic mass is 10.1. The number of hydrogen-bond donors (Lipinski definition) is 1. The number of carbonyl (C=O) groups excluding carboxylic acids is 2. The third-order valence-corrected chi connectivity index (χ3v) is 4.66. The van der Waals surface area contributed by atoms with Crippen molar-refractivity contribution < 1.29 is 19.5 Å². The summed E-state index contributed by atoms with van der Waals surface area (Å²) in [4.78, 5) is 41.7. The van der Waals surface area contributed by atoms with E-state index in [0.717, 1.165) is 21.1 Å². The van der Waals surface area contributed by atoms with Crippen molar-refractivity contribution in [1.82, 2.24) is 4.98 Å². The summed E-state index contributed by atoms with van der Waals surface area (Å²) in [6, 6.07) is 1.46. The molecule has 2 aromatic rings. The van der Waals surface area contributed by atoms with Crippen LogP contribution in [0.25, 0.3) is 0 Å². The maximum Gasteiger partial charge on any atom is 0.339 e. The zero-order valence-electron chi connectivity index (χ0n) is 11.2. The highest BCUT2D eigenvalue weighted by Gasteiger charge is 2.40. The molecule has 0 unspecified atom stereocenters. The Morgan fingerprint density at radius 3 is 2.52 bits per heavy atom. The molecule has 3 heterocycles. The van der Waals surface area contributed by atoms with Crippen molar-refractivity contribution in [3.8, 4) is 0 Å². The van der Waals surface area contributed by atoms with Crippen LogP contribution in [0.1, 0.15) is 41.5 Å². The number of carboxylic acid groups (broad SMARTS) is 1. The Morgan fingerprint density at radius 1 is 1.24 bits per heavy atom. The molecule has 3 rings (SSSR count). The SMILES string of the molecule is Cc1sc(N2C(=O)c3ccncc3C2=O)c(C(=O)O)c1C. The summed E-state index contributed by atoms with van der Waals surface area (Å²) in [7, 11) is 0. The number of pyridine rings is 1. The number of carbonyl (C=O) groups is 3. The average molecular weight is 302 g/mol. The number of rotatable bonds is 2. The van der Waals surface area contributed by atoms with Crippen molar-refractivity contribution in [1.29, 1.82) is 0 Å². The molecule has 0 saturated heterocycles. The van der Waals surface area contributed by atoms with Gasteiger partial charge in [0.05, 0.1) is 16.7 Å². The van der Waals surface area contributed by atoms with Crippen molar-refractivity contribution >= 4 is 34.1 Å². The monoisotopic (exact) mass is 302 g/mol. The Kier molecular flexibility index (Phi) is 2.87. The molecule has 0 fully saturated rings. The van der Waals surface area contributed by atoms with Gasteiger partial charge in [-0.3, -0.25) is 14.6 Å². The van der Waals surface area contributed by atoms with E-state index in [1.54, 1.807) is 13.8 Å². The molecule has 1 aliphatic rings. The first kappa shape index (κ1) is 13.4. The third-order valence-electron chi connectivity index (χ3n) is 3.47. The number of thiophene rings is 1. The van der Waals surface area contributed by atoms with E-state index in [2.05, 4.69) is 4.98 Å². The largest absolute Gasteiger partial charge is 0.478 e. The quantitative estimate of drug-likeness (QED) is 0.860. The summed E-state index contributed by atoms with van der Waals surface area (Å²) >= 11 is 1.13. The van der Waals surface area contributed by atoms with Gasteiger partial charge < -0.3 is 5.11 Å². The van der Waals surface area contributed by atoms with E-state index in [1.807, 2.05) is 0 Å². The summed E-state index contributed by atoms with van der Waals surface area (Å²) in [5.41, 5.74) is 1.01. The lowest BCUT2D eigenvalue weighted by Crippen LogP contribution is -2.30. The highest BCUT2D eigenvalue weighted by atomic mass is 32.1. The predicted molar refractivity (Wildman–Crippen MR) is 76.1 cm³/mol. The molecule has 1 N–H and O–H groups in total. The lowest BCUT2D eigenvalue weighted by molar-refractivity contribution is 0.0697. The second kappa shape index (κ2) is 4.49. The molecule has 0 bridgehead atoms. The molecule has 0 aromatic carbocycles. The number of imide groups is 1. The second-order valence-corrected chi connectivity index (χ2v) is 5.84. The minimum atomic E-state index is -1.15. The fourth-order valence-corrected chi connectivity index (χ4v) is 3.43. The van der Waals surface area contributed by atoms with Gasteiger partial charge >= 0.3 is 5.97 Å². The first-order chi connectivity index (χ1) is 9.93. The summed E-state index contributed by atoms with van der Waals surface area (Å²) in [6.45, 7) is 3.42. The molecule has 106 valence electrons. The van der Waals surface area contributed by atoms with E-state index in [4.69, 9.17) is 0 Å². The molecule has 1 aliphatic heterocycles. The van der Waals surface area contributed by atoms with Crippen molar-refractivity contribution in [2.24, 2.45) is 0 Å². The van der Waals surface area contributed by atoms with E-state index in [-0.39, 0.29) is 21.7 Å². The van der Waals surface area contributed by atoms with Gasteiger partial charge in [0.15, 0.2) is 0 Å². The predicted octanol–water partition coefficient (Wildman–Crippen LogP) is 2.26. The van der Waals surface area contributed by atoms with Crippen LogP contribution in [0, 0.1) is 13.8 Å². The second-order valence-electron chi connectivity index (χ2n) is 4.64. The molecular weight excluding hydrogens is 292 g/mol. The zero-order valence-corrected chi connectivity index (χ0v) is 12.0. The number of hydrogen-bond acceptors (Lipinski definition) is 5. The van der Waals surface area contributed by atoms with Crippen LogP contribution >= 0.6 is 11.3 Å². The summed E-state index contributed by atoms with van der Waals surface area (Å²) in [5, 5.41) is 9.51. The van der Waals surface area contributed by atoms with E-state index < -0.39 is 17.8 Å². The van der Waals surface area contributed by atoms with Gasteiger partial charge in [-0.2, -0.15) is 0 Å². The Labute approximate surface area is 123 Å². The fourth-order valence-electron chi connectivity index (χ4n) is 2.29. The van der Waals surface area contributed by atoms with Crippen LogP contribution in [-0.2, 0) is 0 Å². The first-order valence-electron chi connectivity index (χ1n) is 6.09. The van der Waals surface area contributed by atoms with Gasteiger partial charge in [-0.25, -0.2) is 9.69 Å². The van der Waals surface area contributed by atoms with E-state index in [1.165, 1.54) is 18.5 Å². The van der Waals surface area contributed by atoms with Crippen LogP contribution in [0.5, 0.6) is 0 Å². The number of nitrogens with zero attached hydrogens (tertiary/aromatic N) is 2. The minimum absolute atomic E-state index is 0.0000321. The average Bonchev–Trinajstić information content (AvgIpc) is 2.87. The number of aromatic nitrogens is 1. The molecule has 0 spiro atoms. The molecule has 2 amide bonds. The topological polar surface area (TPSA) is 87.6 Å². The number of amides is 2. The third kappa shape index (κ3) is 1.78. The molecule has 0 saturated carbocycles. The van der Waals surface area contributed by atoms with Crippen molar-refractivity contribution in [2.45, 2.75) is 13.8 Å². The molecule has 7 heteroatoms. The van der Waals surface area contributed by atoms with E-state index >= 15 is 0 Å². The number of carboxylic acids is 1. The van der Waals surface area contributed by atoms with Crippen molar-refractivity contribution in [3.63, 3.8) is 0 Å². The maximum absolute atomic E-state index is 12.4. The van der Waals surface area contributed by atoms with Gasteiger partial charge in [0.25, 0.3) is 11.8 Å². The van der Waals surface area contributed by atoms with Crippen molar-refractivity contribution in [2.75, 3.05) is 4.90 Å². The van der Waals surface area contributed by atoms with Gasteiger partial charge in [0, 0.05) is 17.3 Å². The highest BCUT2D eigenvalue weighted by molar-refractivity contribution is 7.17. The lowest BCUT2D eigenvalue weighted by Gasteiger charge is -2.12. The Balaban J connectivity index is 2.20. The number of aryl methyl sites for hydroxylation is 1. The number of anilines is 1. The normalized spacial score (nSPS) is 13.7. The molecule has 2 aromatic heterocycles. The molecule has 0 atom stereocenters. The van der Waals surface area contributed by atoms with Crippen LogP contribution in [0.2, 0.25) is 0 Å².